The highest BCUT2D eigenvalue weighted by atomic mass is 15.1. The van der Waals surface area contributed by atoms with Gasteiger partial charge < -0.3 is 4.57 Å². The Bertz CT molecular complexity index is 3520. The third kappa shape index (κ3) is 6.70. The van der Waals surface area contributed by atoms with Gasteiger partial charge in [0.15, 0.2) is 34.9 Å². The molecule has 0 N–H and O–H groups in total. The molecule has 0 saturated carbocycles. The van der Waals surface area contributed by atoms with E-state index in [4.69, 9.17) is 36.8 Å². The van der Waals surface area contributed by atoms with E-state index >= 15 is 0 Å². The Morgan fingerprint density at radius 2 is 0.738 bits per heavy atom. The molecule has 8 aromatic carbocycles. The number of nitrogens with zero attached hydrogens (tertiary/aromatic N) is 7. The van der Waals surface area contributed by atoms with Crippen molar-refractivity contribution in [3.8, 4) is 85.1 Å². The van der Waals surface area contributed by atoms with Crippen LogP contribution in [0.5, 0.6) is 0 Å². The van der Waals surface area contributed by atoms with Crippen molar-refractivity contribution >= 4 is 21.8 Å². The van der Waals surface area contributed by atoms with Crippen molar-refractivity contribution in [3.05, 3.63) is 212 Å². The predicted octanol–water partition coefficient (Wildman–Crippen LogP) is 12.8. The third-order valence-corrected chi connectivity index (χ3v) is 10.6. The van der Waals surface area contributed by atoms with Gasteiger partial charge in [-0.15, -0.1) is 0 Å². The Labute approximate surface area is 359 Å². The molecule has 0 atom stereocenters. The molecule has 11 rings (SSSR count). The van der Waals surface area contributed by atoms with Gasteiger partial charge in [0, 0.05) is 44.2 Å². The van der Waals surface area contributed by atoms with E-state index in [1.165, 1.54) is 0 Å². The summed E-state index contributed by atoms with van der Waals surface area (Å²) >= 11 is 0. The summed E-state index contributed by atoms with van der Waals surface area (Å²) in [6.07, 6.45) is 0. The van der Waals surface area contributed by atoms with Gasteiger partial charge in [0.25, 0.3) is 0 Å². The van der Waals surface area contributed by atoms with E-state index < -0.39 is 30.2 Å². The first-order chi connectivity index (χ1) is 32.3. The maximum absolute atomic E-state index is 8.97. The van der Waals surface area contributed by atoms with Crippen molar-refractivity contribution < 1.29 is 6.85 Å². The van der Waals surface area contributed by atoms with Gasteiger partial charge in [0.2, 0.25) is 0 Å². The van der Waals surface area contributed by atoms with Crippen molar-refractivity contribution in [1.82, 2.24) is 34.5 Å². The van der Waals surface area contributed by atoms with Crippen LogP contribution in [-0.2, 0) is 0 Å². The van der Waals surface area contributed by atoms with Crippen LogP contribution in [0.2, 0.25) is 0 Å². The quantitative estimate of drug-likeness (QED) is 0.153. The van der Waals surface area contributed by atoms with E-state index in [0.29, 0.717) is 34.2 Å². The number of hydrogen-bond acceptors (Lipinski definition) is 6. The molecule has 286 valence electrons. The Morgan fingerprint density at radius 1 is 0.311 bits per heavy atom. The molecule has 7 nitrogen and oxygen atoms in total. The first kappa shape index (κ1) is 30.6. The van der Waals surface area contributed by atoms with E-state index in [1.54, 1.807) is 0 Å². The molecular weight excluding hydrogens is 747 g/mol. The third-order valence-electron chi connectivity index (χ3n) is 10.6. The first-order valence-electron chi connectivity index (χ1n) is 22.3. The monoisotopic (exact) mass is 786 g/mol. The summed E-state index contributed by atoms with van der Waals surface area (Å²) in [5.41, 5.74) is 7.88. The van der Waals surface area contributed by atoms with E-state index in [1.807, 2.05) is 158 Å². The van der Waals surface area contributed by atoms with Crippen LogP contribution in [-0.4, -0.2) is 34.5 Å². The van der Waals surface area contributed by atoms with Gasteiger partial charge >= 0.3 is 0 Å². The SMILES string of the molecule is [2H]c1c([2H])c([2H])c(-c2nc(-c3ccc(-n4c5ccccc5c5ccccc54)c(-c4nc(-c5ccccc5)nc(-c5ccccc5)n4)c3)nc(-c3ccccc3-c3ccccc3)n2)c([2H])c1[2H]. The van der Waals surface area contributed by atoms with Crippen LogP contribution in [0.4, 0.5) is 0 Å². The number of para-hydroxylation sites is 2. The Balaban J connectivity index is 1.22. The van der Waals surface area contributed by atoms with Crippen LogP contribution in [0.25, 0.3) is 107 Å². The maximum Gasteiger partial charge on any atom is 0.166 e. The van der Waals surface area contributed by atoms with Gasteiger partial charge in [-0.2, -0.15) is 0 Å². The lowest BCUT2D eigenvalue weighted by atomic mass is 9.99. The maximum atomic E-state index is 8.97. The summed E-state index contributed by atoms with van der Waals surface area (Å²) in [6.45, 7) is 0. The molecule has 11 aromatic rings. The lowest BCUT2D eigenvalue weighted by molar-refractivity contribution is 1.06. The van der Waals surface area contributed by atoms with Gasteiger partial charge in [-0.3, -0.25) is 0 Å². The molecule has 3 aromatic heterocycles. The normalized spacial score (nSPS) is 12.4. The highest BCUT2D eigenvalue weighted by molar-refractivity contribution is 6.09. The van der Waals surface area contributed by atoms with Crippen LogP contribution in [0, 0.1) is 0 Å². The zero-order chi connectivity index (χ0) is 44.9. The van der Waals surface area contributed by atoms with Gasteiger partial charge in [-0.25, -0.2) is 29.9 Å². The second kappa shape index (κ2) is 15.4. The van der Waals surface area contributed by atoms with Crippen LogP contribution in [0.15, 0.2) is 212 Å². The summed E-state index contributed by atoms with van der Waals surface area (Å²) in [4.78, 5) is 30.3. The van der Waals surface area contributed by atoms with Crippen LogP contribution in [0.3, 0.4) is 0 Å². The van der Waals surface area contributed by atoms with Crippen LogP contribution < -0.4 is 0 Å². The first-order valence-corrected chi connectivity index (χ1v) is 19.8. The topological polar surface area (TPSA) is 82.3 Å². The van der Waals surface area contributed by atoms with E-state index in [0.717, 1.165) is 49.7 Å². The number of hydrogen-bond donors (Lipinski definition) is 0. The molecule has 0 fully saturated rings. The summed E-state index contributed by atoms with van der Waals surface area (Å²) in [5, 5.41) is 2.16. The van der Waals surface area contributed by atoms with E-state index in [9.17, 15) is 0 Å². The Hall–Kier alpha value is -8.42. The number of fused-ring (bicyclic) bond motifs is 3. The molecular formula is C54H35N7. The van der Waals surface area contributed by atoms with E-state index in [2.05, 4.69) is 28.8 Å². The number of rotatable bonds is 8. The van der Waals surface area contributed by atoms with Gasteiger partial charge in [-0.05, 0) is 41.5 Å². The largest absolute Gasteiger partial charge is 0.309 e. The average molecular weight is 787 g/mol. The fourth-order valence-corrected chi connectivity index (χ4v) is 7.81. The fraction of sp³-hybridized carbons (Fsp3) is 0. The summed E-state index contributed by atoms with van der Waals surface area (Å²) in [7, 11) is 0. The molecule has 0 aliphatic heterocycles. The Morgan fingerprint density at radius 3 is 1.31 bits per heavy atom. The molecule has 0 unspecified atom stereocenters. The average Bonchev–Trinajstić information content (AvgIpc) is 3.72. The standard InChI is InChI=1S/C54H35N7/c1-5-19-36(20-6-1)41-27-13-14-30-44(41)53-57-51(39-25-11-4-12-26-39)56-52(60-53)40-33-34-48(61-46-31-17-15-28-42(46)43-29-16-18-32-47(43)61)45(35-40)54-58-49(37-21-7-2-8-22-37)55-50(59-54)38-23-9-3-10-24-38/h1-35H/i4D,11D,12D,25D,26D. The van der Waals surface area contributed by atoms with E-state index in [-0.39, 0.29) is 23.0 Å². The zero-order valence-electron chi connectivity index (χ0n) is 37.5. The van der Waals surface area contributed by atoms with Gasteiger partial charge in [0.1, 0.15) is 0 Å². The minimum absolute atomic E-state index is 0.0687. The highest BCUT2D eigenvalue weighted by Gasteiger charge is 2.22. The zero-order valence-corrected chi connectivity index (χ0v) is 32.5. The summed E-state index contributed by atoms with van der Waals surface area (Å²) in [6, 6.07) is 57.3. The lowest BCUT2D eigenvalue weighted by Gasteiger charge is -2.16. The molecule has 0 amide bonds. The molecule has 0 radical (unpaired) electrons. The Kier molecular flexibility index (Phi) is 7.73. The van der Waals surface area contributed by atoms with Crippen molar-refractivity contribution in [2.75, 3.05) is 0 Å². The molecule has 0 aliphatic carbocycles. The van der Waals surface area contributed by atoms with Crippen LogP contribution in [0.1, 0.15) is 6.85 Å². The van der Waals surface area contributed by atoms with Crippen molar-refractivity contribution in [1.29, 1.82) is 0 Å². The van der Waals surface area contributed by atoms with Gasteiger partial charge in [0.05, 0.1) is 23.6 Å². The second-order valence-corrected chi connectivity index (χ2v) is 14.4. The molecule has 3 heterocycles. The molecule has 0 aliphatic rings. The molecule has 0 bridgehead atoms. The van der Waals surface area contributed by atoms with Gasteiger partial charge in [-0.1, -0.05) is 182 Å². The molecule has 0 saturated heterocycles. The number of benzene rings is 8. The highest BCUT2D eigenvalue weighted by Crippen LogP contribution is 2.39. The van der Waals surface area contributed by atoms with Crippen molar-refractivity contribution in [3.63, 3.8) is 0 Å². The summed E-state index contributed by atoms with van der Waals surface area (Å²) < 4.78 is 45.6. The molecule has 0 spiro atoms. The molecule has 7 heteroatoms. The minimum Gasteiger partial charge on any atom is -0.309 e. The van der Waals surface area contributed by atoms with Crippen molar-refractivity contribution in [2.24, 2.45) is 0 Å². The smallest absolute Gasteiger partial charge is 0.166 e. The molecule has 61 heavy (non-hydrogen) atoms. The predicted molar refractivity (Wildman–Crippen MR) is 246 cm³/mol. The van der Waals surface area contributed by atoms with Crippen molar-refractivity contribution in [2.45, 2.75) is 0 Å². The minimum atomic E-state index is -0.509. The number of aromatic nitrogens is 7. The second-order valence-electron chi connectivity index (χ2n) is 14.4. The fourth-order valence-electron chi connectivity index (χ4n) is 7.81. The lowest BCUT2D eigenvalue weighted by Crippen LogP contribution is -2.05. The summed E-state index contributed by atoms with van der Waals surface area (Å²) in [5.74, 6) is 1.77. The van der Waals surface area contributed by atoms with Crippen LogP contribution >= 0.6 is 0 Å².